The van der Waals surface area contributed by atoms with E-state index >= 15 is 0 Å². The van der Waals surface area contributed by atoms with E-state index in [4.69, 9.17) is 0 Å². The van der Waals surface area contributed by atoms with Gasteiger partial charge in [0.15, 0.2) is 0 Å². The Hall–Kier alpha value is -4.04. The maximum absolute atomic E-state index is 12.2. The van der Waals surface area contributed by atoms with Crippen LogP contribution in [0.15, 0.2) is 78.9 Å². The predicted molar refractivity (Wildman–Crippen MR) is 132 cm³/mol. The molecule has 0 saturated heterocycles. The van der Waals surface area contributed by atoms with Crippen molar-refractivity contribution in [2.45, 2.75) is 34.2 Å². The minimum absolute atomic E-state index is 0.0640. The summed E-state index contributed by atoms with van der Waals surface area (Å²) in [6.45, 7) is 8.35. The average Bonchev–Trinajstić information content (AvgIpc) is 2.89. The summed E-state index contributed by atoms with van der Waals surface area (Å²) in [5.74, 6) is -0.402. The van der Waals surface area contributed by atoms with E-state index in [0.717, 1.165) is 22.3 Å². The van der Waals surface area contributed by atoms with Crippen molar-refractivity contribution < 1.29 is 4.79 Å². The first-order valence-corrected chi connectivity index (χ1v) is 10.7. The Morgan fingerprint density at radius 3 is 1.81 bits per heavy atom. The van der Waals surface area contributed by atoms with Gasteiger partial charge < -0.3 is 5.32 Å². The van der Waals surface area contributed by atoms with Gasteiger partial charge in [-0.25, -0.2) is 0 Å². The third-order valence-electron chi connectivity index (χ3n) is 3.99. The average molecular weight is 427 g/mol. The van der Waals surface area contributed by atoms with Gasteiger partial charge in [0.1, 0.15) is 11.6 Å². The molecule has 0 atom stereocenters. The van der Waals surface area contributed by atoms with Crippen LogP contribution < -0.4 is 5.32 Å². The Balaban J connectivity index is 0.00000121. The lowest BCUT2D eigenvalue weighted by atomic mass is 10.1. The molecule has 0 fully saturated rings. The third-order valence-corrected chi connectivity index (χ3v) is 3.99. The second-order valence-electron chi connectivity index (χ2n) is 5.99. The molecule has 2 heterocycles. The minimum atomic E-state index is -0.402. The highest BCUT2D eigenvalue weighted by molar-refractivity contribution is 6.01. The first-order chi connectivity index (χ1) is 15.7. The molecule has 5 nitrogen and oxygen atoms in total. The van der Waals surface area contributed by atoms with Crippen LogP contribution in [0.25, 0.3) is 18.2 Å². The molecule has 0 aliphatic heterocycles. The summed E-state index contributed by atoms with van der Waals surface area (Å²) in [5, 5.41) is 12.1. The van der Waals surface area contributed by atoms with Crippen LogP contribution in [0, 0.1) is 11.3 Å². The van der Waals surface area contributed by atoms with E-state index in [1.165, 1.54) is 0 Å². The molecule has 164 valence electrons. The first kappa shape index (κ1) is 26.0. The van der Waals surface area contributed by atoms with Crippen molar-refractivity contribution in [2.24, 2.45) is 0 Å². The Labute approximate surface area is 191 Å². The predicted octanol–water partition coefficient (Wildman–Crippen LogP) is 5.92. The number of nitriles is 1. The van der Waals surface area contributed by atoms with Crippen molar-refractivity contribution in [3.05, 3.63) is 101 Å². The van der Waals surface area contributed by atoms with Crippen molar-refractivity contribution in [3.8, 4) is 6.07 Å². The van der Waals surface area contributed by atoms with E-state index in [-0.39, 0.29) is 5.57 Å². The molecule has 1 aromatic carbocycles. The van der Waals surface area contributed by atoms with Gasteiger partial charge in [0.05, 0.1) is 0 Å². The monoisotopic (exact) mass is 426 g/mol. The van der Waals surface area contributed by atoms with E-state index in [1.54, 1.807) is 30.9 Å². The first-order valence-electron chi connectivity index (χ1n) is 10.7. The van der Waals surface area contributed by atoms with Gasteiger partial charge in [-0.1, -0.05) is 64.1 Å². The lowest BCUT2D eigenvalue weighted by Gasteiger charge is -2.04. The summed E-state index contributed by atoms with van der Waals surface area (Å²) in [7, 11) is 0. The Kier molecular flexibility index (Phi) is 12.8. The number of carbonyl (C=O) groups excluding carboxylic acids is 1. The van der Waals surface area contributed by atoms with Crippen molar-refractivity contribution in [2.75, 3.05) is 0 Å². The topological polar surface area (TPSA) is 78.7 Å². The van der Waals surface area contributed by atoms with Crippen LogP contribution >= 0.6 is 0 Å². The van der Waals surface area contributed by atoms with E-state index in [1.807, 2.05) is 94.4 Å². The fourth-order valence-corrected chi connectivity index (χ4v) is 2.46. The summed E-state index contributed by atoms with van der Waals surface area (Å²) >= 11 is 0. The van der Waals surface area contributed by atoms with Crippen molar-refractivity contribution in [3.63, 3.8) is 0 Å². The van der Waals surface area contributed by atoms with Crippen LogP contribution in [0.5, 0.6) is 0 Å². The smallest absolute Gasteiger partial charge is 0.262 e. The van der Waals surface area contributed by atoms with Gasteiger partial charge in [-0.15, -0.1) is 0 Å². The van der Waals surface area contributed by atoms with Crippen LogP contribution in [0.2, 0.25) is 0 Å². The normalized spacial score (nSPS) is 10.2. The summed E-state index contributed by atoms with van der Waals surface area (Å²) < 4.78 is 0. The fourth-order valence-electron chi connectivity index (χ4n) is 2.46. The maximum Gasteiger partial charge on any atom is 0.262 e. The highest BCUT2D eigenvalue weighted by atomic mass is 16.1. The molecule has 0 unspecified atom stereocenters. The van der Waals surface area contributed by atoms with Gasteiger partial charge >= 0.3 is 0 Å². The molecular formula is C27H30N4O. The number of nitrogens with zero attached hydrogens (tertiary/aromatic N) is 3. The van der Waals surface area contributed by atoms with Gasteiger partial charge in [0, 0.05) is 31.3 Å². The second kappa shape index (κ2) is 15.8. The van der Waals surface area contributed by atoms with Crippen molar-refractivity contribution in [1.29, 1.82) is 5.26 Å². The molecule has 32 heavy (non-hydrogen) atoms. The molecule has 0 spiro atoms. The summed E-state index contributed by atoms with van der Waals surface area (Å²) in [6, 6.07) is 17.1. The van der Waals surface area contributed by atoms with Gasteiger partial charge in [-0.3, -0.25) is 14.8 Å². The molecule has 0 aliphatic carbocycles. The van der Waals surface area contributed by atoms with E-state index in [9.17, 15) is 10.1 Å². The SMILES string of the molecule is CC.CC.N#C/C(=C\c1ccc(/C=C/c2ccncc2)cc1)C(=O)NCc1ccncc1. The summed E-state index contributed by atoms with van der Waals surface area (Å²) in [6.07, 6.45) is 12.4. The maximum atomic E-state index is 12.2. The molecule has 1 N–H and O–H groups in total. The summed E-state index contributed by atoms with van der Waals surface area (Å²) in [4.78, 5) is 20.2. The van der Waals surface area contributed by atoms with Crippen molar-refractivity contribution >= 4 is 24.1 Å². The largest absolute Gasteiger partial charge is 0.347 e. The fraction of sp³-hybridized carbons (Fsp3) is 0.185. The number of hydrogen-bond donors (Lipinski definition) is 1. The van der Waals surface area contributed by atoms with Crippen molar-refractivity contribution in [1.82, 2.24) is 15.3 Å². The molecule has 0 aliphatic rings. The van der Waals surface area contributed by atoms with E-state index in [2.05, 4.69) is 15.3 Å². The lowest BCUT2D eigenvalue weighted by molar-refractivity contribution is -0.117. The van der Waals surface area contributed by atoms with Crippen LogP contribution in [-0.2, 0) is 11.3 Å². The number of rotatable bonds is 6. The standard InChI is InChI=1S/C23H18N4O.2C2H6/c24-16-22(23(28)27-17-21-9-13-26-14-10-21)15-20-5-3-18(4-6-20)1-2-19-7-11-25-12-8-19;2*1-2/h1-15H,17H2,(H,27,28);2*1-2H3/b2-1+,22-15+;;. The van der Waals surface area contributed by atoms with Crippen LogP contribution in [0.3, 0.4) is 0 Å². The molecule has 5 heteroatoms. The van der Waals surface area contributed by atoms with Gasteiger partial charge in [0.2, 0.25) is 0 Å². The number of benzene rings is 1. The van der Waals surface area contributed by atoms with Gasteiger partial charge in [0.25, 0.3) is 5.91 Å². The third kappa shape index (κ3) is 9.19. The zero-order valence-corrected chi connectivity index (χ0v) is 19.1. The number of aromatic nitrogens is 2. The van der Waals surface area contributed by atoms with Gasteiger partial charge in [-0.05, 0) is 52.6 Å². The van der Waals surface area contributed by atoms with Gasteiger partial charge in [-0.2, -0.15) is 5.26 Å². The molecular weight excluding hydrogens is 396 g/mol. The molecule has 0 saturated carbocycles. The van der Waals surface area contributed by atoms with Crippen LogP contribution in [-0.4, -0.2) is 15.9 Å². The highest BCUT2D eigenvalue weighted by Crippen LogP contribution is 2.12. The van der Waals surface area contributed by atoms with E-state index in [0.29, 0.717) is 6.54 Å². The second-order valence-corrected chi connectivity index (χ2v) is 5.99. The number of carbonyl (C=O) groups is 1. The molecule has 3 aromatic rings. The Bertz CT molecular complexity index is 1020. The molecule has 2 aromatic heterocycles. The van der Waals surface area contributed by atoms with Crippen LogP contribution in [0.4, 0.5) is 0 Å². The molecule has 1 amide bonds. The summed E-state index contributed by atoms with van der Waals surface area (Å²) in [5.41, 5.74) is 3.86. The Morgan fingerprint density at radius 1 is 0.812 bits per heavy atom. The number of hydrogen-bond acceptors (Lipinski definition) is 4. The highest BCUT2D eigenvalue weighted by Gasteiger charge is 2.08. The zero-order chi connectivity index (χ0) is 23.6. The quantitative estimate of drug-likeness (QED) is 0.392. The Morgan fingerprint density at radius 2 is 1.28 bits per heavy atom. The number of amides is 1. The van der Waals surface area contributed by atoms with Crippen LogP contribution in [0.1, 0.15) is 49.9 Å². The lowest BCUT2D eigenvalue weighted by Crippen LogP contribution is -2.23. The minimum Gasteiger partial charge on any atom is -0.347 e. The molecule has 0 bridgehead atoms. The molecule has 0 radical (unpaired) electrons. The molecule has 3 rings (SSSR count). The number of pyridine rings is 2. The number of nitrogens with one attached hydrogen (secondary N) is 1. The van der Waals surface area contributed by atoms with E-state index < -0.39 is 5.91 Å². The zero-order valence-electron chi connectivity index (χ0n) is 19.1.